The molecule has 0 radical (unpaired) electrons. The van der Waals surface area contributed by atoms with E-state index >= 15 is 0 Å². The zero-order valence-electron chi connectivity index (χ0n) is 11.2. The third-order valence-corrected chi connectivity index (χ3v) is 5.54. The third-order valence-electron chi connectivity index (χ3n) is 3.71. The molecule has 112 valence electrons. The number of sulfone groups is 1. The standard InChI is InChI=1S/C14H15FN2O3S/c15-11-1-2-12-10(5-11)6-13(17-12)14(18)16-7-9-3-4-21(19,20)8-9/h1-2,5-6,9,17H,3-4,7-8H2,(H,16,18). The number of aromatic amines is 1. The maximum Gasteiger partial charge on any atom is 0.267 e. The number of carbonyl (C=O) groups excluding carboxylic acids is 1. The number of amides is 1. The summed E-state index contributed by atoms with van der Waals surface area (Å²) in [4.78, 5) is 14.9. The molecule has 0 bridgehead atoms. The minimum absolute atomic E-state index is 0.0271. The summed E-state index contributed by atoms with van der Waals surface area (Å²) in [6.45, 7) is 0.335. The van der Waals surface area contributed by atoms with Crippen LogP contribution in [-0.2, 0) is 9.84 Å². The number of aromatic nitrogens is 1. The van der Waals surface area contributed by atoms with Crippen LogP contribution in [0.4, 0.5) is 4.39 Å². The minimum atomic E-state index is -2.93. The Hall–Kier alpha value is -1.89. The Morgan fingerprint density at radius 1 is 1.38 bits per heavy atom. The average molecular weight is 310 g/mol. The van der Waals surface area contributed by atoms with Gasteiger partial charge < -0.3 is 10.3 Å². The lowest BCUT2D eigenvalue weighted by atomic mass is 10.1. The number of H-pyrrole nitrogens is 1. The maximum atomic E-state index is 13.1. The van der Waals surface area contributed by atoms with Crippen LogP contribution in [0.2, 0.25) is 0 Å². The van der Waals surface area contributed by atoms with Crippen molar-refractivity contribution in [1.82, 2.24) is 10.3 Å². The van der Waals surface area contributed by atoms with E-state index in [9.17, 15) is 17.6 Å². The van der Waals surface area contributed by atoms with Gasteiger partial charge in [0.1, 0.15) is 11.5 Å². The molecule has 2 N–H and O–H groups in total. The van der Waals surface area contributed by atoms with Crippen LogP contribution in [0.15, 0.2) is 24.3 Å². The van der Waals surface area contributed by atoms with Crippen LogP contribution in [0.3, 0.4) is 0 Å². The molecule has 7 heteroatoms. The van der Waals surface area contributed by atoms with Gasteiger partial charge in [0, 0.05) is 17.4 Å². The maximum absolute atomic E-state index is 13.1. The molecule has 0 saturated carbocycles. The van der Waals surface area contributed by atoms with Gasteiger partial charge in [0.25, 0.3) is 5.91 Å². The molecule has 5 nitrogen and oxygen atoms in total. The van der Waals surface area contributed by atoms with Gasteiger partial charge in [-0.3, -0.25) is 4.79 Å². The van der Waals surface area contributed by atoms with Gasteiger partial charge in [-0.2, -0.15) is 0 Å². The van der Waals surface area contributed by atoms with Gasteiger partial charge in [-0.15, -0.1) is 0 Å². The van der Waals surface area contributed by atoms with Gasteiger partial charge in [-0.05, 0) is 36.6 Å². The first-order chi connectivity index (χ1) is 9.93. The van der Waals surface area contributed by atoms with Crippen molar-refractivity contribution < 1.29 is 17.6 Å². The van der Waals surface area contributed by atoms with E-state index in [2.05, 4.69) is 10.3 Å². The smallest absolute Gasteiger partial charge is 0.267 e. The fourth-order valence-corrected chi connectivity index (χ4v) is 4.45. The number of benzene rings is 1. The first-order valence-corrected chi connectivity index (χ1v) is 8.52. The first kappa shape index (κ1) is 14.1. The van der Waals surface area contributed by atoms with E-state index in [1.165, 1.54) is 12.1 Å². The van der Waals surface area contributed by atoms with Crippen molar-refractivity contribution in [2.75, 3.05) is 18.1 Å². The Balaban J connectivity index is 1.67. The predicted molar refractivity (Wildman–Crippen MR) is 77.4 cm³/mol. The van der Waals surface area contributed by atoms with E-state index in [0.717, 1.165) is 0 Å². The van der Waals surface area contributed by atoms with Crippen LogP contribution in [-0.4, -0.2) is 37.4 Å². The van der Waals surface area contributed by atoms with E-state index in [-0.39, 0.29) is 29.1 Å². The molecule has 0 spiro atoms. The van der Waals surface area contributed by atoms with Gasteiger partial charge in [-0.1, -0.05) is 0 Å². The highest BCUT2D eigenvalue weighted by atomic mass is 32.2. The van der Waals surface area contributed by atoms with E-state index in [4.69, 9.17) is 0 Å². The van der Waals surface area contributed by atoms with Crippen molar-refractivity contribution in [2.24, 2.45) is 5.92 Å². The lowest BCUT2D eigenvalue weighted by molar-refractivity contribution is 0.0944. The van der Waals surface area contributed by atoms with Crippen molar-refractivity contribution in [3.63, 3.8) is 0 Å². The van der Waals surface area contributed by atoms with Crippen LogP contribution in [0.5, 0.6) is 0 Å². The topological polar surface area (TPSA) is 79.0 Å². The van der Waals surface area contributed by atoms with Crippen LogP contribution < -0.4 is 5.32 Å². The van der Waals surface area contributed by atoms with Crippen molar-refractivity contribution in [3.05, 3.63) is 35.8 Å². The van der Waals surface area contributed by atoms with Gasteiger partial charge in [0.2, 0.25) is 0 Å². The first-order valence-electron chi connectivity index (χ1n) is 6.70. The van der Waals surface area contributed by atoms with Crippen molar-refractivity contribution in [1.29, 1.82) is 0 Å². The fourth-order valence-electron chi connectivity index (χ4n) is 2.59. The van der Waals surface area contributed by atoms with Crippen LogP contribution in [0.25, 0.3) is 10.9 Å². The summed E-state index contributed by atoms with van der Waals surface area (Å²) in [5.74, 6) is -0.369. The Labute approximate surface area is 121 Å². The summed E-state index contributed by atoms with van der Waals surface area (Å²) in [6.07, 6.45) is 0.584. The molecular weight excluding hydrogens is 295 g/mol. The molecule has 1 atom stereocenters. The van der Waals surface area contributed by atoms with Crippen molar-refractivity contribution in [3.8, 4) is 0 Å². The minimum Gasteiger partial charge on any atom is -0.351 e. The summed E-state index contributed by atoms with van der Waals surface area (Å²) in [5.41, 5.74) is 1.03. The largest absolute Gasteiger partial charge is 0.351 e. The van der Waals surface area contributed by atoms with Crippen LogP contribution in [0, 0.1) is 11.7 Å². The van der Waals surface area contributed by atoms with E-state index in [1.807, 2.05) is 0 Å². The molecule has 1 aromatic heterocycles. The Morgan fingerprint density at radius 3 is 2.90 bits per heavy atom. The fraction of sp³-hybridized carbons (Fsp3) is 0.357. The number of nitrogens with one attached hydrogen (secondary N) is 2. The number of hydrogen-bond acceptors (Lipinski definition) is 3. The number of carbonyl (C=O) groups is 1. The summed E-state index contributed by atoms with van der Waals surface area (Å²) < 4.78 is 35.8. The quantitative estimate of drug-likeness (QED) is 0.901. The molecule has 3 rings (SSSR count). The molecule has 1 aliphatic heterocycles. The zero-order valence-corrected chi connectivity index (χ0v) is 12.0. The average Bonchev–Trinajstić information content (AvgIpc) is 2.98. The highest BCUT2D eigenvalue weighted by Gasteiger charge is 2.28. The molecule has 1 fully saturated rings. The van der Waals surface area contributed by atoms with Gasteiger partial charge in [0.05, 0.1) is 11.5 Å². The molecule has 21 heavy (non-hydrogen) atoms. The highest BCUT2D eigenvalue weighted by Crippen LogP contribution is 2.19. The molecule has 2 aromatic rings. The Kier molecular flexibility index (Phi) is 3.44. The van der Waals surface area contributed by atoms with Gasteiger partial charge in [-0.25, -0.2) is 12.8 Å². The van der Waals surface area contributed by atoms with E-state index in [0.29, 0.717) is 29.6 Å². The van der Waals surface area contributed by atoms with E-state index in [1.54, 1.807) is 12.1 Å². The van der Waals surface area contributed by atoms with Crippen molar-refractivity contribution in [2.45, 2.75) is 6.42 Å². The SMILES string of the molecule is O=C(NCC1CCS(=O)(=O)C1)c1cc2cc(F)ccc2[nH]1. The number of fused-ring (bicyclic) bond motifs is 1. The monoisotopic (exact) mass is 310 g/mol. The molecule has 1 unspecified atom stereocenters. The molecule has 1 aromatic carbocycles. The van der Waals surface area contributed by atoms with E-state index < -0.39 is 9.84 Å². The Morgan fingerprint density at radius 2 is 2.19 bits per heavy atom. The van der Waals surface area contributed by atoms with Gasteiger partial charge in [0.15, 0.2) is 9.84 Å². The zero-order chi connectivity index (χ0) is 15.0. The summed E-state index contributed by atoms with van der Waals surface area (Å²) >= 11 is 0. The summed E-state index contributed by atoms with van der Waals surface area (Å²) in [5, 5.41) is 3.35. The lowest BCUT2D eigenvalue weighted by Gasteiger charge is -2.08. The molecule has 1 saturated heterocycles. The summed E-state index contributed by atoms with van der Waals surface area (Å²) in [6, 6.07) is 5.83. The number of rotatable bonds is 3. The number of halogens is 1. The molecular formula is C14H15FN2O3S. The van der Waals surface area contributed by atoms with Crippen molar-refractivity contribution >= 4 is 26.6 Å². The second kappa shape index (κ2) is 5.14. The third kappa shape index (κ3) is 3.07. The molecule has 1 amide bonds. The summed E-state index contributed by atoms with van der Waals surface area (Å²) in [7, 11) is -2.93. The second-order valence-electron chi connectivity index (χ2n) is 5.39. The second-order valence-corrected chi connectivity index (χ2v) is 7.62. The molecule has 2 heterocycles. The van der Waals surface area contributed by atoms with Crippen LogP contribution >= 0.6 is 0 Å². The normalized spacial score (nSPS) is 20.7. The number of hydrogen-bond donors (Lipinski definition) is 2. The predicted octanol–water partition coefficient (Wildman–Crippen LogP) is 1.47. The molecule has 1 aliphatic rings. The molecule has 0 aliphatic carbocycles. The highest BCUT2D eigenvalue weighted by molar-refractivity contribution is 7.91. The van der Waals surface area contributed by atoms with Gasteiger partial charge >= 0.3 is 0 Å². The Bertz CT molecular complexity index is 798. The van der Waals surface area contributed by atoms with Crippen LogP contribution in [0.1, 0.15) is 16.9 Å². The lowest BCUT2D eigenvalue weighted by Crippen LogP contribution is -2.30.